The Morgan fingerprint density at radius 1 is 0.909 bits per heavy atom. The molecule has 2 N–H and O–H groups in total. The van der Waals surface area contributed by atoms with Gasteiger partial charge >= 0.3 is 0 Å². The average molecular weight is 290 g/mol. The lowest BCUT2D eigenvalue weighted by atomic mass is 10.0. The second-order valence-electron chi connectivity index (χ2n) is 5.05. The van der Waals surface area contributed by atoms with Crippen LogP contribution in [0.3, 0.4) is 0 Å². The fourth-order valence-electron chi connectivity index (χ4n) is 2.28. The SMILES string of the molecule is NC(=O)c1ccc(CC(=O)c2ccc3ccccc3n2)cc1. The first-order valence-electron chi connectivity index (χ1n) is 6.91. The molecule has 0 bridgehead atoms. The minimum Gasteiger partial charge on any atom is -0.366 e. The smallest absolute Gasteiger partial charge is 0.248 e. The second-order valence-corrected chi connectivity index (χ2v) is 5.05. The second kappa shape index (κ2) is 5.77. The number of nitrogens with zero attached hydrogens (tertiary/aromatic N) is 1. The van der Waals surface area contributed by atoms with Crippen molar-refractivity contribution in [2.24, 2.45) is 5.73 Å². The number of pyridine rings is 1. The van der Waals surface area contributed by atoms with Gasteiger partial charge in [0, 0.05) is 17.4 Å². The predicted octanol–water partition coefficient (Wildman–Crippen LogP) is 2.76. The van der Waals surface area contributed by atoms with Crippen LogP contribution in [0.4, 0.5) is 0 Å². The highest BCUT2D eigenvalue weighted by Crippen LogP contribution is 2.14. The molecule has 0 aliphatic carbocycles. The number of nitrogens with two attached hydrogens (primary N) is 1. The van der Waals surface area contributed by atoms with Gasteiger partial charge in [0.05, 0.1) is 5.52 Å². The average Bonchev–Trinajstić information content (AvgIpc) is 2.55. The summed E-state index contributed by atoms with van der Waals surface area (Å²) < 4.78 is 0. The number of hydrogen-bond acceptors (Lipinski definition) is 3. The Bertz CT molecular complexity index is 854. The Hall–Kier alpha value is -3.01. The molecule has 22 heavy (non-hydrogen) atoms. The van der Waals surface area contributed by atoms with Gasteiger partial charge in [0.25, 0.3) is 0 Å². The van der Waals surface area contributed by atoms with Gasteiger partial charge in [-0.2, -0.15) is 0 Å². The van der Waals surface area contributed by atoms with Crippen molar-refractivity contribution < 1.29 is 9.59 Å². The molecular formula is C18H14N2O2. The van der Waals surface area contributed by atoms with Crippen LogP contribution >= 0.6 is 0 Å². The Balaban J connectivity index is 1.81. The maximum absolute atomic E-state index is 12.3. The van der Waals surface area contributed by atoms with E-state index in [0.717, 1.165) is 16.5 Å². The van der Waals surface area contributed by atoms with Crippen molar-refractivity contribution in [1.29, 1.82) is 0 Å². The van der Waals surface area contributed by atoms with Crippen molar-refractivity contribution in [3.63, 3.8) is 0 Å². The van der Waals surface area contributed by atoms with Crippen molar-refractivity contribution in [2.45, 2.75) is 6.42 Å². The molecule has 1 heterocycles. The Kier molecular flexibility index (Phi) is 3.66. The van der Waals surface area contributed by atoms with E-state index in [4.69, 9.17) is 5.73 Å². The van der Waals surface area contributed by atoms with Crippen LogP contribution in [0.2, 0.25) is 0 Å². The number of carbonyl (C=O) groups is 2. The molecule has 3 rings (SSSR count). The van der Waals surface area contributed by atoms with Crippen LogP contribution in [0, 0.1) is 0 Å². The number of fused-ring (bicyclic) bond motifs is 1. The van der Waals surface area contributed by atoms with Crippen molar-refractivity contribution in [1.82, 2.24) is 4.98 Å². The van der Waals surface area contributed by atoms with Gasteiger partial charge in [0.2, 0.25) is 5.91 Å². The summed E-state index contributed by atoms with van der Waals surface area (Å²) in [6.45, 7) is 0. The number of aromatic nitrogens is 1. The normalized spacial score (nSPS) is 10.5. The Labute approximate surface area is 127 Å². The number of ketones is 1. The molecular weight excluding hydrogens is 276 g/mol. The van der Waals surface area contributed by atoms with Gasteiger partial charge in [0.15, 0.2) is 5.78 Å². The van der Waals surface area contributed by atoms with E-state index in [2.05, 4.69) is 4.98 Å². The molecule has 0 atom stereocenters. The molecule has 1 aromatic heterocycles. The van der Waals surface area contributed by atoms with E-state index in [9.17, 15) is 9.59 Å². The highest BCUT2D eigenvalue weighted by atomic mass is 16.1. The van der Waals surface area contributed by atoms with E-state index in [0.29, 0.717) is 11.3 Å². The number of para-hydroxylation sites is 1. The van der Waals surface area contributed by atoms with Crippen LogP contribution in [-0.2, 0) is 6.42 Å². The molecule has 4 heteroatoms. The molecule has 1 amide bonds. The first-order valence-corrected chi connectivity index (χ1v) is 6.91. The van der Waals surface area contributed by atoms with Gasteiger partial charge in [-0.3, -0.25) is 9.59 Å². The molecule has 0 aliphatic heterocycles. The Morgan fingerprint density at radius 3 is 2.36 bits per heavy atom. The van der Waals surface area contributed by atoms with E-state index in [1.54, 1.807) is 30.3 Å². The predicted molar refractivity (Wildman–Crippen MR) is 84.7 cm³/mol. The quantitative estimate of drug-likeness (QED) is 0.751. The van der Waals surface area contributed by atoms with Crippen LogP contribution in [0.25, 0.3) is 10.9 Å². The minimum atomic E-state index is -0.478. The van der Waals surface area contributed by atoms with E-state index >= 15 is 0 Å². The van der Waals surface area contributed by atoms with Gasteiger partial charge < -0.3 is 5.73 Å². The largest absolute Gasteiger partial charge is 0.366 e. The maximum atomic E-state index is 12.3. The highest BCUT2D eigenvalue weighted by Gasteiger charge is 2.10. The zero-order valence-corrected chi connectivity index (χ0v) is 11.8. The summed E-state index contributed by atoms with van der Waals surface area (Å²) in [5.41, 5.74) is 7.69. The monoisotopic (exact) mass is 290 g/mol. The Morgan fingerprint density at radius 2 is 1.64 bits per heavy atom. The van der Waals surface area contributed by atoms with Gasteiger partial charge in [-0.1, -0.05) is 36.4 Å². The first-order chi connectivity index (χ1) is 10.6. The van der Waals surface area contributed by atoms with Gasteiger partial charge in [-0.15, -0.1) is 0 Å². The summed E-state index contributed by atoms with van der Waals surface area (Å²) in [5.74, 6) is -0.536. The molecule has 0 radical (unpaired) electrons. The van der Waals surface area contributed by atoms with Gasteiger partial charge in [-0.05, 0) is 29.8 Å². The lowest BCUT2D eigenvalue weighted by Gasteiger charge is -2.04. The number of rotatable bonds is 4. The lowest BCUT2D eigenvalue weighted by Crippen LogP contribution is -2.11. The van der Waals surface area contributed by atoms with Crippen LogP contribution in [0.1, 0.15) is 26.4 Å². The zero-order chi connectivity index (χ0) is 15.5. The van der Waals surface area contributed by atoms with E-state index < -0.39 is 5.91 Å². The summed E-state index contributed by atoms with van der Waals surface area (Å²) in [6, 6.07) is 18.0. The standard InChI is InChI=1S/C18H14N2O2/c19-18(22)14-7-5-12(6-8-14)11-17(21)16-10-9-13-3-1-2-4-15(13)20-16/h1-10H,11H2,(H2,19,22). The van der Waals surface area contributed by atoms with Crippen LogP contribution in [0.5, 0.6) is 0 Å². The molecule has 0 saturated carbocycles. The van der Waals surface area contributed by atoms with Crippen molar-refractivity contribution in [3.8, 4) is 0 Å². The number of primary amides is 1. The van der Waals surface area contributed by atoms with Crippen molar-refractivity contribution in [3.05, 3.63) is 77.5 Å². The lowest BCUT2D eigenvalue weighted by molar-refractivity contribution is 0.0985. The summed E-state index contributed by atoms with van der Waals surface area (Å²) in [7, 11) is 0. The van der Waals surface area contributed by atoms with E-state index in [1.807, 2.05) is 30.3 Å². The molecule has 0 aliphatic rings. The number of carbonyl (C=O) groups excluding carboxylic acids is 2. The molecule has 0 unspecified atom stereocenters. The number of amides is 1. The van der Waals surface area contributed by atoms with Crippen molar-refractivity contribution in [2.75, 3.05) is 0 Å². The number of hydrogen-bond donors (Lipinski definition) is 1. The summed E-state index contributed by atoms with van der Waals surface area (Å²) in [6.07, 6.45) is 0.240. The number of benzene rings is 2. The fraction of sp³-hybridized carbons (Fsp3) is 0.0556. The molecule has 2 aromatic carbocycles. The minimum absolute atomic E-state index is 0.0578. The third kappa shape index (κ3) is 2.86. The topological polar surface area (TPSA) is 73.1 Å². The highest BCUT2D eigenvalue weighted by molar-refractivity contribution is 5.98. The van der Waals surface area contributed by atoms with Crippen LogP contribution in [-0.4, -0.2) is 16.7 Å². The maximum Gasteiger partial charge on any atom is 0.248 e. The molecule has 108 valence electrons. The van der Waals surface area contributed by atoms with Gasteiger partial charge in [0.1, 0.15) is 5.69 Å². The van der Waals surface area contributed by atoms with Gasteiger partial charge in [-0.25, -0.2) is 4.98 Å². The third-order valence-electron chi connectivity index (χ3n) is 3.49. The molecule has 4 nitrogen and oxygen atoms in total. The molecule has 0 saturated heterocycles. The van der Waals surface area contributed by atoms with Crippen LogP contribution in [0.15, 0.2) is 60.7 Å². The summed E-state index contributed by atoms with van der Waals surface area (Å²) in [4.78, 5) is 27.7. The molecule has 0 fully saturated rings. The van der Waals surface area contributed by atoms with E-state index in [1.165, 1.54) is 0 Å². The van der Waals surface area contributed by atoms with Crippen molar-refractivity contribution >= 4 is 22.6 Å². The zero-order valence-electron chi connectivity index (χ0n) is 11.8. The molecule has 3 aromatic rings. The third-order valence-corrected chi connectivity index (χ3v) is 3.49. The fourth-order valence-corrected chi connectivity index (χ4v) is 2.28. The molecule has 0 spiro atoms. The summed E-state index contributed by atoms with van der Waals surface area (Å²) >= 11 is 0. The first kappa shape index (κ1) is 13.9. The summed E-state index contributed by atoms with van der Waals surface area (Å²) in [5, 5.41) is 1.00. The van der Waals surface area contributed by atoms with E-state index in [-0.39, 0.29) is 12.2 Å². The van der Waals surface area contributed by atoms with Crippen LogP contribution < -0.4 is 5.73 Å². The number of Topliss-reactive ketones (excluding diaryl/α,β-unsaturated/α-hetero) is 1.